The molecule has 0 saturated heterocycles. The van der Waals surface area contributed by atoms with Gasteiger partial charge in [0.05, 0.1) is 6.54 Å². The number of amides is 1. The minimum absolute atomic E-state index is 0.220. The van der Waals surface area contributed by atoms with E-state index in [9.17, 15) is 4.79 Å². The average Bonchev–Trinajstić information content (AvgIpc) is 3.00. The van der Waals surface area contributed by atoms with Gasteiger partial charge >= 0.3 is 0 Å². The van der Waals surface area contributed by atoms with Crippen molar-refractivity contribution in [2.24, 2.45) is 17.8 Å². The number of aromatic amines is 1. The van der Waals surface area contributed by atoms with Crippen molar-refractivity contribution in [1.29, 1.82) is 0 Å². The molecule has 2 fully saturated rings. The van der Waals surface area contributed by atoms with Crippen molar-refractivity contribution in [2.45, 2.75) is 64.8 Å². The second kappa shape index (κ2) is 6.58. The Labute approximate surface area is 126 Å². The number of hydrogen-bond donors (Lipinski definition) is 2. The molecule has 3 atom stereocenters. The lowest BCUT2D eigenvalue weighted by molar-refractivity contribution is -0.129. The van der Waals surface area contributed by atoms with Gasteiger partial charge in [0, 0.05) is 12.3 Å². The summed E-state index contributed by atoms with van der Waals surface area (Å²) in [5, 5.41) is 10.1. The van der Waals surface area contributed by atoms with Crippen LogP contribution in [0.3, 0.4) is 0 Å². The van der Waals surface area contributed by atoms with Gasteiger partial charge in [-0.15, -0.1) is 0 Å². The highest BCUT2D eigenvalue weighted by Crippen LogP contribution is 2.43. The smallest absolute Gasteiger partial charge is 0.223 e. The van der Waals surface area contributed by atoms with Crippen LogP contribution >= 0.6 is 0 Å². The molecule has 1 aromatic heterocycles. The molecule has 0 spiro atoms. The third-order valence-corrected chi connectivity index (χ3v) is 5.24. The first-order chi connectivity index (χ1) is 10.3. The number of H-pyrrole nitrogens is 1. The van der Waals surface area contributed by atoms with E-state index in [1.54, 1.807) is 0 Å². The van der Waals surface area contributed by atoms with E-state index in [-0.39, 0.29) is 11.8 Å². The van der Waals surface area contributed by atoms with Crippen LogP contribution in [-0.4, -0.2) is 21.1 Å². The average molecular weight is 290 g/mol. The molecule has 5 heteroatoms. The zero-order valence-corrected chi connectivity index (χ0v) is 12.9. The van der Waals surface area contributed by atoms with Crippen molar-refractivity contribution in [1.82, 2.24) is 20.5 Å². The monoisotopic (exact) mass is 290 g/mol. The lowest BCUT2D eigenvalue weighted by Crippen LogP contribution is -2.41. The number of carbonyl (C=O) groups excluding carboxylic acids is 1. The molecule has 1 aromatic rings. The van der Waals surface area contributed by atoms with Gasteiger partial charge in [-0.3, -0.25) is 9.89 Å². The Balaban J connectivity index is 1.56. The van der Waals surface area contributed by atoms with Gasteiger partial charge in [-0.05, 0) is 24.7 Å². The molecule has 1 amide bonds. The van der Waals surface area contributed by atoms with Crippen LogP contribution in [0.2, 0.25) is 0 Å². The van der Waals surface area contributed by atoms with Gasteiger partial charge in [0.25, 0.3) is 0 Å². The standard InChI is InChI=1S/C16H26N4O/c1-2-14-18-15(20-19-14)10-17-16(21)13-9-5-7-11-6-3-4-8-12(11)13/h11-13H,2-10H2,1H3,(H,17,21)(H,18,19,20). The summed E-state index contributed by atoms with van der Waals surface area (Å²) >= 11 is 0. The second-order valence-electron chi connectivity index (χ2n) is 6.52. The number of fused-ring (bicyclic) bond motifs is 1. The molecular formula is C16H26N4O. The Hall–Kier alpha value is -1.39. The Morgan fingerprint density at radius 3 is 2.86 bits per heavy atom. The van der Waals surface area contributed by atoms with Gasteiger partial charge < -0.3 is 5.32 Å². The van der Waals surface area contributed by atoms with E-state index in [1.165, 1.54) is 38.5 Å². The van der Waals surface area contributed by atoms with E-state index in [1.807, 2.05) is 6.92 Å². The fourth-order valence-corrected chi connectivity index (χ4v) is 4.14. The number of rotatable bonds is 4. The van der Waals surface area contributed by atoms with Crippen molar-refractivity contribution in [3.63, 3.8) is 0 Å². The summed E-state index contributed by atoms with van der Waals surface area (Å²) in [6.07, 6.45) is 9.64. The van der Waals surface area contributed by atoms with Crippen LogP contribution in [-0.2, 0) is 17.8 Å². The van der Waals surface area contributed by atoms with Crippen LogP contribution in [0.1, 0.15) is 63.5 Å². The summed E-state index contributed by atoms with van der Waals surface area (Å²) in [5.41, 5.74) is 0. The number of nitrogens with zero attached hydrogens (tertiary/aromatic N) is 2. The maximum atomic E-state index is 12.5. The lowest BCUT2D eigenvalue weighted by atomic mass is 9.65. The number of aromatic nitrogens is 3. The van der Waals surface area contributed by atoms with E-state index in [0.717, 1.165) is 30.4 Å². The first-order valence-electron chi connectivity index (χ1n) is 8.45. The largest absolute Gasteiger partial charge is 0.349 e. The summed E-state index contributed by atoms with van der Waals surface area (Å²) in [5.74, 6) is 3.42. The summed E-state index contributed by atoms with van der Waals surface area (Å²) in [6, 6.07) is 0. The highest BCUT2D eigenvalue weighted by Gasteiger charge is 2.38. The van der Waals surface area contributed by atoms with Gasteiger partial charge in [0.15, 0.2) is 5.82 Å². The van der Waals surface area contributed by atoms with Gasteiger partial charge in [0.1, 0.15) is 5.82 Å². The third-order valence-electron chi connectivity index (χ3n) is 5.24. The maximum absolute atomic E-state index is 12.5. The van der Waals surface area contributed by atoms with Crippen molar-refractivity contribution in [2.75, 3.05) is 0 Å². The molecule has 0 aromatic carbocycles. The molecule has 5 nitrogen and oxygen atoms in total. The normalized spacial score (nSPS) is 28.9. The van der Waals surface area contributed by atoms with Crippen LogP contribution in [0.4, 0.5) is 0 Å². The predicted octanol–water partition coefficient (Wildman–Crippen LogP) is 2.59. The first kappa shape index (κ1) is 14.5. The van der Waals surface area contributed by atoms with E-state index in [4.69, 9.17) is 0 Å². The molecule has 2 N–H and O–H groups in total. The Bertz CT molecular complexity index is 482. The molecule has 116 valence electrons. The third kappa shape index (κ3) is 3.27. The summed E-state index contributed by atoms with van der Waals surface area (Å²) < 4.78 is 0. The number of carbonyl (C=O) groups is 1. The topological polar surface area (TPSA) is 70.7 Å². The van der Waals surface area contributed by atoms with Crippen molar-refractivity contribution in [3.05, 3.63) is 11.6 Å². The first-order valence-corrected chi connectivity index (χ1v) is 8.45. The summed E-state index contributed by atoms with van der Waals surface area (Å²) in [4.78, 5) is 16.9. The summed E-state index contributed by atoms with van der Waals surface area (Å²) in [6.45, 7) is 2.50. The SMILES string of the molecule is CCc1n[nH]c(CNC(=O)C2CCCC3CCCCC32)n1. The maximum Gasteiger partial charge on any atom is 0.223 e. The second-order valence-corrected chi connectivity index (χ2v) is 6.52. The molecular weight excluding hydrogens is 264 g/mol. The fourth-order valence-electron chi connectivity index (χ4n) is 4.14. The van der Waals surface area contributed by atoms with E-state index >= 15 is 0 Å². The van der Waals surface area contributed by atoms with Gasteiger partial charge in [-0.25, -0.2) is 4.98 Å². The minimum atomic E-state index is 0.220. The molecule has 0 bridgehead atoms. The van der Waals surface area contributed by atoms with E-state index in [2.05, 4.69) is 20.5 Å². The molecule has 2 aliphatic carbocycles. The molecule has 1 heterocycles. The van der Waals surface area contributed by atoms with Crippen LogP contribution in [0.15, 0.2) is 0 Å². The Morgan fingerprint density at radius 2 is 2.05 bits per heavy atom. The Morgan fingerprint density at radius 1 is 1.24 bits per heavy atom. The van der Waals surface area contributed by atoms with Crippen molar-refractivity contribution >= 4 is 5.91 Å². The molecule has 3 unspecified atom stereocenters. The zero-order valence-electron chi connectivity index (χ0n) is 12.9. The fraction of sp³-hybridized carbons (Fsp3) is 0.812. The molecule has 21 heavy (non-hydrogen) atoms. The minimum Gasteiger partial charge on any atom is -0.349 e. The zero-order chi connectivity index (χ0) is 14.7. The summed E-state index contributed by atoms with van der Waals surface area (Å²) in [7, 11) is 0. The molecule has 0 aliphatic heterocycles. The highest BCUT2D eigenvalue weighted by molar-refractivity contribution is 5.79. The van der Waals surface area contributed by atoms with Crippen molar-refractivity contribution in [3.8, 4) is 0 Å². The van der Waals surface area contributed by atoms with Crippen LogP contribution in [0, 0.1) is 17.8 Å². The predicted molar refractivity (Wildman–Crippen MR) is 80.4 cm³/mol. The quantitative estimate of drug-likeness (QED) is 0.895. The molecule has 2 saturated carbocycles. The van der Waals surface area contributed by atoms with Crippen LogP contribution < -0.4 is 5.32 Å². The highest BCUT2D eigenvalue weighted by atomic mass is 16.1. The van der Waals surface area contributed by atoms with Gasteiger partial charge in [-0.2, -0.15) is 5.10 Å². The molecule has 2 aliphatic rings. The Kier molecular flexibility index (Phi) is 4.56. The van der Waals surface area contributed by atoms with Gasteiger partial charge in [0.2, 0.25) is 5.91 Å². The number of aryl methyl sites for hydroxylation is 1. The number of hydrogen-bond acceptors (Lipinski definition) is 3. The molecule has 3 rings (SSSR count). The lowest BCUT2D eigenvalue weighted by Gasteiger charge is -2.40. The van der Waals surface area contributed by atoms with E-state index in [0.29, 0.717) is 12.5 Å². The van der Waals surface area contributed by atoms with E-state index < -0.39 is 0 Å². The van der Waals surface area contributed by atoms with Gasteiger partial charge in [-0.1, -0.05) is 39.0 Å². The molecule has 0 radical (unpaired) electrons. The van der Waals surface area contributed by atoms with Crippen LogP contribution in [0.25, 0.3) is 0 Å². The number of nitrogens with one attached hydrogen (secondary N) is 2. The van der Waals surface area contributed by atoms with Crippen LogP contribution in [0.5, 0.6) is 0 Å². The van der Waals surface area contributed by atoms with Crippen molar-refractivity contribution < 1.29 is 4.79 Å².